The summed E-state index contributed by atoms with van der Waals surface area (Å²) in [4.78, 5) is 14.8. The summed E-state index contributed by atoms with van der Waals surface area (Å²) in [5.74, 6) is -1.33. The van der Waals surface area contributed by atoms with Gasteiger partial charge in [0, 0.05) is 32.2 Å². The first-order valence-corrected chi connectivity index (χ1v) is 6.67. The van der Waals surface area contributed by atoms with Crippen molar-refractivity contribution in [3.05, 3.63) is 29.6 Å². The fraction of sp³-hybridized carbons (Fsp3) is 0.500. The molecule has 1 saturated heterocycles. The van der Waals surface area contributed by atoms with Crippen LogP contribution in [-0.4, -0.2) is 49.2 Å². The first-order valence-electron chi connectivity index (χ1n) is 6.67. The third-order valence-corrected chi connectivity index (χ3v) is 3.64. The lowest BCUT2D eigenvalue weighted by atomic mass is 10.0. The Labute approximate surface area is 117 Å². The SMILES string of the molecule is CN1CCN(c2ccc(C(N)CC(=O)O)cc2F)CC1. The van der Waals surface area contributed by atoms with Crippen LogP contribution in [0.25, 0.3) is 0 Å². The Balaban J connectivity index is 2.11. The first-order chi connectivity index (χ1) is 9.47. The second kappa shape index (κ2) is 6.19. The van der Waals surface area contributed by atoms with Crippen LogP contribution in [0.4, 0.5) is 10.1 Å². The van der Waals surface area contributed by atoms with E-state index in [1.54, 1.807) is 12.1 Å². The van der Waals surface area contributed by atoms with E-state index < -0.39 is 12.0 Å². The maximum atomic E-state index is 14.2. The highest BCUT2D eigenvalue weighted by Gasteiger charge is 2.19. The predicted molar refractivity (Wildman–Crippen MR) is 75.3 cm³/mol. The number of hydrogen-bond donors (Lipinski definition) is 2. The van der Waals surface area contributed by atoms with Gasteiger partial charge in [0.25, 0.3) is 0 Å². The van der Waals surface area contributed by atoms with Gasteiger partial charge in [-0.3, -0.25) is 4.79 Å². The Morgan fingerprint density at radius 2 is 2.05 bits per heavy atom. The number of carboxylic acid groups (broad SMARTS) is 1. The Hall–Kier alpha value is -1.66. The number of aliphatic carboxylic acids is 1. The molecule has 6 heteroatoms. The van der Waals surface area contributed by atoms with Crippen LogP contribution in [0, 0.1) is 5.82 Å². The van der Waals surface area contributed by atoms with Crippen molar-refractivity contribution in [3.8, 4) is 0 Å². The zero-order valence-corrected chi connectivity index (χ0v) is 11.6. The fourth-order valence-electron chi connectivity index (χ4n) is 2.36. The number of anilines is 1. The van der Waals surface area contributed by atoms with E-state index in [0.717, 1.165) is 26.2 Å². The highest BCUT2D eigenvalue weighted by molar-refractivity contribution is 5.68. The van der Waals surface area contributed by atoms with Gasteiger partial charge in [0.1, 0.15) is 5.82 Å². The van der Waals surface area contributed by atoms with Crippen molar-refractivity contribution in [2.75, 3.05) is 38.1 Å². The van der Waals surface area contributed by atoms with E-state index in [9.17, 15) is 9.18 Å². The summed E-state index contributed by atoms with van der Waals surface area (Å²) in [5, 5.41) is 8.71. The zero-order valence-electron chi connectivity index (χ0n) is 11.6. The van der Waals surface area contributed by atoms with Crippen LogP contribution < -0.4 is 10.6 Å². The average Bonchev–Trinajstić information content (AvgIpc) is 2.39. The lowest BCUT2D eigenvalue weighted by Gasteiger charge is -2.34. The number of carboxylic acids is 1. The van der Waals surface area contributed by atoms with Crippen molar-refractivity contribution < 1.29 is 14.3 Å². The van der Waals surface area contributed by atoms with Gasteiger partial charge in [0.15, 0.2) is 0 Å². The fourth-order valence-corrected chi connectivity index (χ4v) is 2.36. The number of halogens is 1. The Morgan fingerprint density at radius 3 is 2.60 bits per heavy atom. The topological polar surface area (TPSA) is 69.8 Å². The molecule has 0 bridgehead atoms. The molecule has 1 heterocycles. The molecule has 0 spiro atoms. The van der Waals surface area contributed by atoms with Crippen LogP contribution in [0.15, 0.2) is 18.2 Å². The number of hydrogen-bond acceptors (Lipinski definition) is 4. The Bertz CT molecular complexity index is 487. The molecular formula is C14H20FN3O2. The molecule has 1 aromatic carbocycles. The van der Waals surface area contributed by atoms with Crippen molar-refractivity contribution in [1.82, 2.24) is 4.90 Å². The monoisotopic (exact) mass is 281 g/mol. The van der Waals surface area contributed by atoms with Gasteiger partial charge < -0.3 is 20.6 Å². The van der Waals surface area contributed by atoms with Gasteiger partial charge in [0.05, 0.1) is 12.1 Å². The molecule has 1 aliphatic heterocycles. The van der Waals surface area contributed by atoms with Gasteiger partial charge >= 0.3 is 5.97 Å². The summed E-state index contributed by atoms with van der Waals surface area (Å²) < 4.78 is 14.2. The molecule has 1 fully saturated rings. The van der Waals surface area contributed by atoms with Crippen LogP contribution in [0.5, 0.6) is 0 Å². The molecule has 1 unspecified atom stereocenters. The molecule has 5 nitrogen and oxygen atoms in total. The zero-order chi connectivity index (χ0) is 14.7. The van der Waals surface area contributed by atoms with E-state index in [1.165, 1.54) is 6.07 Å². The molecule has 0 radical (unpaired) electrons. The molecule has 1 atom stereocenters. The summed E-state index contributed by atoms with van der Waals surface area (Å²) >= 11 is 0. The first kappa shape index (κ1) is 14.7. The van der Waals surface area contributed by atoms with E-state index in [1.807, 2.05) is 11.9 Å². The van der Waals surface area contributed by atoms with Gasteiger partial charge in [-0.25, -0.2) is 4.39 Å². The summed E-state index contributed by atoms with van der Waals surface area (Å²) in [6.07, 6.45) is -0.201. The number of nitrogens with two attached hydrogens (primary N) is 1. The molecule has 1 aliphatic rings. The largest absolute Gasteiger partial charge is 0.481 e. The van der Waals surface area contributed by atoms with Crippen molar-refractivity contribution >= 4 is 11.7 Å². The maximum Gasteiger partial charge on any atom is 0.305 e. The Kier molecular flexibility index (Phi) is 4.57. The smallest absolute Gasteiger partial charge is 0.305 e. The number of benzene rings is 1. The van der Waals surface area contributed by atoms with Crippen molar-refractivity contribution in [2.45, 2.75) is 12.5 Å². The highest BCUT2D eigenvalue weighted by Crippen LogP contribution is 2.24. The molecule has 0 aliphatic carbocycles. The third-order valence-electron chi connectivity index (χ3n) is 3.64. The van der Waals surface area contributed by atoms with Crippen LogP contribution in [0.2, 0.25) is 0 Å². The minimum atomic E-state index is -0.985. The second-order valence-corrected chi connectivity index (χ2v) is 5.21. The van der Waals surface area contributed by atoms with Crippen molar-refractivity contribution in [2.24, 2.45) is 5.73 Å². The summed E-state index contributed by atoms with van der Waals surface area (Å²) in [7, 11) is 2.04. The molecule has 110 valence electrons. The normalized spacial score (nSPS) is 18.1. The maximum absolute atomic E-state index is 14.2. The Morgan fingerprint density at radius 1 is 1.40 bits per heavy atom. The van der Waals surface area contributed by atoms with E-state index in [0.29, 0.717) is 11.3 Å². The van der Waals surface area contributed by atoms with Crippen LogP contribution in [0.3, 0.4) is 0 Å². The van der Waals surface area contributed by atoms with Gasteiger partial charge in [-0.15, -0.1) is 0 Å². The second-order valence-electron chi connectivity index (χ2n) is 5.21. The van der Waals surface area contributed by atoms with Crippen LogP contribution in [0.1, 0.15) is 18.0 Å². The molecule has 0 amide bonds. The molecule has 3 N–H and O–H groups in total. The van der Waals surface area contributed by atoms with Crippen LogP contribution in [-0.2, 0) is 4.79 Å². The van der Waals surface area contributed by atoms with E-state index in [4.69, 9.17) is 10.8 Å². The van der Waals surface area contributed by atoms with Crippen molar-refractivity contribution in [1.29, 1.82) is 0 Å². The van der Waals surface area contributed by atoms with Gasteiger partial charge in [-0.2, -0.15) is 0 Å². The summed E-state index contributed by atoms with van der Waals surface area (Å²) in [5.41, 5.74) is 6.82. The van der Waals surface area contributed by atoms with E-state index in [-0.39, 0.29) is 12.2 Å². The van der Waals surface area contributed by atoms with E-state index in [2.05, 4.69) is 4.90 Å². The van der Waals surface area contributed by atoms with Gasteiger partial charge in [-0.05, 0) is 24.7 Å². The predicted octanol–water partition coefficient (Wildman–Crippen LogP) is 1.05. The number of carbonyl (C=O) groups is 1. The number of rotatable bonds is 4. The minimum absolute atomic E-state index is 0.201. The van der Waals surface area contributed by atoms with Crippen LogP contribution >= 0.6 is 0 Å². The lowest BCUT2D eigenvalue weighted by Crippen LogP contribution is -2.44. The number of nitrogens with zero attached hydrogens (tertiary/aromatic N) is 2. The molecule has 0 saturated carbocycles. The quantitative estimate of drug-likeness (QED) is 0.863. The highest BCUT2D eigenvalue weighted by atomic mass is 19.1. The summed E-state index contributed by atoms with van der Waals surface area (Å²) in [6.45, 7) is 3.38. The van der Waals surface area contributed by atoms with E-state index >= 15 is 0 Å². The molecule has 2 rings (SSSR count). The van der Waals surface area contributed by atoms with Gasteiger partial charge in [-0.1, -0.05) is 6.07 Å². The molecule has 0 aromatic heterocycles. The van der Waals surface area contributed by atoms with Gasteiger partial charge in [0.2, 0.25) is 0 Å². The standard InChI is InChI=1S/C14H20FN3O2/c1-17-4-6-18(7-5-17)13-3-2-10(8-11(13)15)12(16)9-14(19)20/h2-3,8,12H,4-7,9,16H2,1H3,(H,19,20). The third kappa shape index (κ3) is 3.46. The average molecular weight is 281 g/mol. The molecular weight excluding hydrogens is 261 g/mol. The minimum Gasteiger partial charge on any atom is -0.481 e. The molecule has 20 heavy (non-hydrogen) atoms. The van der Waals surface area contributed by atoms with Crippen molar-refractivity contribution in [3.63, 3.8) is 0 Å². The molecule has 1 aromatic rings. The number of likely N-dealkylation sites (N-methyl/N-ethyl adjacent to an activating group) is 1. The lowest BCUT2D eigenvalue weighted by molar-refractivity contribution is -0.137. The number of piperazine rings is 1. The summed E-state index contributed by atoms with van der Waals surface area (Å²) in [6, 6.07) is 4.08.